The van der Waals surface area contributed by atoms with Gasteiger partial charge in [0.1, 0.15) is 0 Å². The van der Waals surface area contributed by atoms with Crippen molar-refractivity contribution in [3.63, 3.8) is 0 Å². The molecular weight excluding hydrogens is 252 g/mol. The van der Waals surface area contributed by atoms with Crippen molar-refractivity contribution in [2.24, 2.45) is 0 Å². The Labute approximate surface area is 110 Å². The molecule has 0 radical (unpaired) electrons. The Morgan fingerprint density at radius 2 is 2.44 bits per heavy atom. The van der Waals surface area contributed by atoms with Gasteiger partial charge in [0, 0.05) is 12.1 Å². The molecule has 1 aliphatic rings. The Balaban J connectivity index is 1.84. The monoisotopic (exact) mass is 266 g/mol. The highest BCUT2D eigenvalue weighted by Crippen LogP contribution is 2.08. The molecule has 1 aliphatic heterocycles. The fourth-order valence-corrected chi connectivity index (χ4v) is 1.83. The second kappa shape index (κ2) is 5.68. The molecular formula is C12H14N2O3S. The minimum Gasteiger partial charge on any atom is -0.472 e. The summed E-state index contributed by atoms with van der Waals surface area (Å²) in [6.45, 7) is 2.54. The van der Waals surface area contributed by atoms with Gasteiger partial charge in [0.25, 0.3) is 0 Å². The minimum atomic E-state index is -0.321. The van der Waals surface area contributed by atoms with Crippen LogP contribution in [0.4, 0.5) is 0 Å². The third-order valence-corrected chi connectivity index (χ3v) is 2.88. The van der Waals surface area contributed by atoms with Gasteiger partial charge in [0.2, 0.25) is 0 Å². The summed E-state index contributed by atoms with van der Waals surface area (Å²) in [5.41, 5.74) is 2.33. The van der Waals surface area contributed by atoms with Crippen LogP contribution in [0.2, 0.25) is 0 Å². The van der Waals surface area contributed by atoms with Gasteiger partial charge in [-0.15, -0.1) is 0 Å². The highest BCUT2D eigenvalue weighted by molar-refractivity contribution is 7.80. The summed E-state index contributed by atoms with van der Waals surface area (Å²) in [5.74, 6) is -0.321. The van der Waals surface area contributed by atoms with Gasteiger partial charge in [-0.25, -0.2) is 4.79 Å². The average molecular weight is 266 g/mol. The number of ether oxygens (including phenoxy) is 1. The van der Waals surface area contributed by atoms with Gasteiger partial charge >= 0.3 is 5.97 Å². The first-order chi connectivity index (χ1) is 8.66. The predicted octanol–water partition coefficient (Wildman–Crippen LogP) is 1.12. The van der Waals surface area contributed by atoms with Crippen LogP contribution in [0.5, 0.6) is 0 Å². The normalized spacial score (nSPS) is 15.1. The third-order valence-electron chi connectivity index (χ3n) is 2.63. The summed E-state index contributed by atoms with van der Waals surface area (Å²) in [4.78, 5) is 11.8. The van der Waals surface area contributed by atoms with E-state index in [9.17, 15) is 4.79 Å². The second-order valence-electron chi connectivity index (χ2n) is 3.93. The first kappa shape index (κ1) is 12.6. The first-order valence-electron chi connectivity index (χ1n) is 5.59. The molecule has 2 rings (SSSR count). The largest absolute Gasteiger partial charge is 0.472 e. The molecule has 96 valence electrons. The topological polar surface area (TPSA) is 63.5 Å². The second-order valence-corrected chi connectivity index (χ2v) is 4.34. The number of esters is 1. The van der Waals surface area contributed by atoms with Gasteiger partial charge in [-0.1, -0.05) is 0 Å². The lowest BCUT2D eigenvalue weighted by Crippen LogP contribution is -2.43. The van der Waals surface area contributed by atoms with E-state index in [2.05, 4.69) is 10.6 Å². The lowest BCUT2D eigenvalue weighted by atomic mass is 10.2. The van der Waals surface area contributed by atoms with E-state index < -0.39 is 0 Å². The van der Waals surface area contributed by atoms with Crippen molar-refractivity contribution in [1.29, 1.82) is 0 Å². The molecule has 0 bridgehead atoms. The minimum absolute atomic E-state index is 0.321. The fourth-order valence-electron chi connectivity index (χ4n) is 1.60. The summed E-state index contributed by atoms with van der Waals surface area (Å²) in [6, 6.07) is 1.85. The van der Waals surface area contributed by atoms with Crippen LogP contribution in [-0.4, -0.2) is 24.2 Å². The summed E-state index contributed by atoms with van der Waals surface area (Å²) < 4.78 is 10.1. The average Bonchev–Trinajstić information content (AvgIpc) is 2.81. The van der Waals surface area contributed by atoms with Crippen LogP contribution < -0.4 is 10.6 Å². The van der Waals surface area contributed by atoms with Crippen molar-refractivity contribution in [1.82, 2.24) is 10.6 Å². The highest BCUT2D eigenvalue weighted by Gasteiger charge is 2.19. The van der Waals surface area contributed by atoms with E-state index in [1.807, 2.05) is 6.07 Å². The predicted molar refractivity (Wildman–Crippen MR) is 69.8 cm³/mol. The molecule has 0 unspecified atom stereocenters. The Hall–Kier alpha value is -1.82. The molecule has 0 aromatic carbocycles. The molecule has 2 heterocycles. The lowest BCUT2D eigenvalue weighted by Gasteiger charge is -2.20. The van der Waals surface area contributed by atoms with Gasteiger partial charge in [-0.05, 0) is 30.8 Å². The Kier molecular flexibility index (Phi) is 3.99. The van der Waals surface area contributed by atoms with E-state index in [4.69, 9.17) is 21.4 Å². The van der Waals surface area contributed by atoms with E-state index >= 15 is 0 Å². The Bertz CT molecular complexity index is 480. The zero-order valence-corrected chi connectivity index (χ0v) is 10.8. The van der Waals surface area contributed by atoms with E-state index in [0.717, 1.165) is 11.3 Å². The smallest absolute Gasteiger partial charge is 0.337 e. The summed E-state index contributed by atoms with van der Waals surface area (Å²) in [5, 5.41) is 6.32. The maximum atomic E-state index is 11.8. The number of rotatable bonds is 4. The highest BCUT2D eigenvalue weighted by atomic mass is 32.1. The van der Waals surface area contributed by atoms with Crippen molar-refractivity contribution in [3.05, 3.63) is 35.4 Å². The maximum absolute atomic E-state index is 11.8. The van der Waals surface area contributed by atoms with Crippen molar-refractivity contribution >= 4 is 23.3 Å². The van der Waals surface area contributed by atoms with E-state index in [1.165, 1.54) is 0 Å². The van der Waals surface area contributed by atoms with Crippen LogP contribution >= 0.6 is 12.2 Å². The molecule has 18 heavy (non-hydrogen) atoms. The molecule has 0 atom stereocenters. The quantitative estimate of drug-likeness (QED) is 0.629. The van der Waals surface area contributed by atoms with Crippen LogP contribution in [0.15, 0.2) is 34.3 Å². The van der Waals surface area contributed by atoms with Crippen LogP contribution in [0.1, 0.15) is 12.5 Å². The molecule has 0 saturated carbocycles. The van der Waals surface area contributed by atoms with Crippen LogP contribution in [0, 0.1) is 0 Å². The number of carbonyl (C=O) groups is 1. The molecule has 2 N–H and O–H groups in total. The molecule has 5 nitrogen and oxygen atoms in total. The fraction of sp³-hybridized carbons (Fsp3) is 0.333. The van der Waals surface area contributed by atoms with Crippen molar-refractivity contribution in [2.75, 3.05) is 13.2 Å². The Morgan fingerprint density at radius 3 is 3.11 bits per heavy atom. The van der Waals surface area contributed by atoms with E-state index in [1.54, 1.807) is 19.5 Å². The van der Waals surface area contributed by atoms with Crippen LogP contribution in [0.3, 0.4) is 0 Å². The van der Waals surface area contributed by atoms with Crippen molar-refractivity contribution < 1.29 is 13.9 Å². The summed E-state index contributed by atoms with van der Waals surface area (Å²) in [7, 11) is 0. The molecule has 0 aliphatic carbocycles. The van der Waals surface area contributed by atoms with Crippen molar-refractivity contribution in [3.8, 4) is 0 Å². The molecule has 0 amide bonds. The standard InChI is InChI=1S/C12H14N2O3S/c1-8-10(6-13-12(18)14-8)11(15)17-5-3-9-2-4-16-7-9/h2,4,7H,3,5-6H2,1H3,(H2,13,14,18). The number of carbonyl (C=O) groups excluding carboxylic acids is 1. The molecule has 0 fully saturated rings. The van der Waals surface area contributed by atoms with Gasteiger partial charge in [-0.3, -0.25) is 0 Å². The number of furan rings is 1. The SMILES string of the molecule is CC1=C(C(=O)OCCc2ccoc2)CNC(=S)N1. The third kappa shape index (κ3) is 3.10. The zero-order valence-electron chi connectivity index (χ0n) is 9.99. The van der Waals surface area contributed by atoms with Gasteiger partial charge in [0.15, 0.2) is 5.11 Å². The molecule has 6 heteroatoms. The zero-order chi connectivity index (χ0) is 13.0. The van der Waals surface area contributed by atoms with Gasteiger partial charge in [-0.2, -0.15) is 0 Å². The number of thiocarbonyl (C=S) groups is 1. The van der Waals surface area contributed by atoms with Crippen LogP contribution in [-0.2, 0) is 16.0 Å². The number of hydrogen-bond acceptors (Lipinski definition) is 4. The van der Waals surface area contributed by atoms with E-state index in [-0.39, 0.29) is 5.97 Å². The number of nitrogens with one attached hydrogen (secondary N) is 2. The molecule has 1 aromatic heterocycles. The Morgan fingerprint density at radius 1 is 1.61 bits per heavy atom. The van der Waals surface area contributed by atoms with Gasteiger partial charge in [0.05, 0.1) is 31.3 Å². The maximum Gasteiger partial charge on any atom is 0.337 e. The molecule has 0 spiro atoms. The molecule has 0 saturated heterocycles. The number of allylic oxidation sites excluding steroid dienone is 1. The van der Waals surface area contributed by atoms with Gasteiger partial charge < -0.3 is 19.8 Å². The van der Waals surface area contributed by atoms with E-state index in [0.29, 0.717) is 30.3 Å². The summed E-state index contributed by atoms with van der Waals surface area (Å²) in [6.07, 6.45) is 3.88. The molecule has 1 aromatic rings. The van der Waals surface area contributed by atoms with Crippen molar-refractivity contribution in [2.45, 2.75) is 13.3 Å². The summed E-state index contributed by atoms with van der Waals surface area (Å²) >= 11 is 4.94. The number of hydrogen-bond donors (Lipinski definition) is 2. The first-order valence-corrected chi connectivity index (χ1v) is 6.00. The van der Waals surface area contributed by atoms with Crippen LogP contribution in [0.25, 0.3) is 0 Å². The lowest BCUT2D eigenvalue weighted by molar-refractivity contribution is -0.139.